The van der Waals surface area contributed by atoms with Gasteiger partial charge < -0.3 is 14.5 Å². The van der Waals surface area contributed by atoms with E-state index in [4.69, 9.17) is 4.74 Å². The Hall–Kier alpha value is -2.83. The molecule has 2 saturated heterocycles. The van der Waals surface area contributed by atoms with Gasteiger partial charge in [0.05, 0.1) is 24.6 Å². The summed E-state index contributed by atoms with van der Waals surface area (Å²) in [4.78, 5) is 30.2. The first-order valence-electron chi connectivity index (χ1n) is 11.3. The fourth-order valence-electron chi connectivity index (χ4n) is 5.05. The van der Waals surface area contributed by atoms with E-state index in [1.165, 1.54) is 6.42 Å². The summed E-state index contributed by atoms with van der Waals surface area (Å²) in [6.45, 7) is 5.58. The van der Waals surface area contributed by atoms with Crippen LogP contribution in [0.25, 0.3) is 0 Å². The van der Waals surface area contributed by atoms with Crippen molar-refractivity contribution in [1.82, 2.24) is 20.0 Å². The van der Waals surface area contributed by atoms with Crippen LogP contribution in [0.15, 0.2) is 30.5 Å². The quantitative estimate of drug-likeness (QED) is 0.809. The summed E-state index contributed by atoms with van der Waals surface area (Å²) < 4.78 is 5.24. The van der Waals surface area contributed by atoms with E-state index in [1.807, 2.05) is 28.0 Å². The maximum atomic E-state index is 13.4. The van der Waals surface area contributed by atoms with Gasteiger partial charge in [-0.2, -0.15) is 5.10 Å². The number of carbonyl (C=O) groups excluding carboxylic acids is 2. The molecule has 2 aromatic rings. The number of amides is 2. The van der Waals surface area contributed by atoms with E-state index >= 15 is 0 Å². The summed E-state index contributed by atoms with van der Waals surface area (Å²) in [5, 5.41) is 7.32. The molecule has 7 heteroatoms. The van der Waals surface area contributed by atoms with Crippen molar-refractivity contribution >= 4 is 11.8 Å². The third kappa shape index (κ3) is 4.31. The van der Waals surface area contributed by atoms with Crippen LogP contribution in [0.2, 0.25) is 0 Å². The Bertz CT molecular complexity index is 922. The van der Waals surface area contributed by atoms with Gasteiger partial charge in [-0.25, -0.2) is 0 Å². The van der Waals surface area contributed by atoms with E-state index in [0.29, 0.717) is 30.0 Å². The minimum Gasteiger partial charge on any atom is -0.497 e. The van der Waals surface area contributed by atoms with Gasteiger partial charge in [-0.15, -0.1) is 0 Å². The van der Waals surface area contributed by atoms with Gasteiger partial charge in [0.25, 0.3) is 11.8 Å². The first-order valence-corrected chi connectivity index (χ1v) is 11.3. The minimum atomic E-state index is 0.0224. The molecule has 0 radical (unpaired) electrons. The number of nitrogens with one attached hydrogen (secondary N) is 1. The number of methoxy groups -OCH3 is 1. The van der Waals surface area contributed by atoms with Crippen molar-refractivity contribution in [3.63, 3.8) is 0 Å². The molecule has 7 nitrogen and oxygen atoms in total. The van der Waals surface area contributed by atoms with Crippen molar-refractivity contribution in [2.24, 2.45) is 0 Å². The monoisotopic (exact) mass is 424 g/mol. The summed E-state index contributed by atoms with van der Waals surface area (Å²) in [6.07, 6.45) is 6.57. The van der Waals surface area contributed by atoms with Crippen molar-refractivity contribution in [2.75, 3.05) is 20.2 Å². The van der Waals surface area contributed by atoms with Crippen LogP contribution in [0.4, 0.5) is 0 Å². The Morgan fingerprint density at radius 3 is 2.45 bits per heavy atom. The Morgan fingerprint density at radius 2 is 1.77 bits per heavy atom. The molecule has 2 atom stereocenters. The van der Waals surface area contributed by atoms with E-state index in [1.54, 1.807) is 19.4 Å². The van der Waals surface area contributed by atoms with Gasteiger partial charge in [0.1, 0.15) is 5.75 Å². The van der Waals surface area contributed by atoms with Crippen molar-refractivity contribution in [1.29, 1.82) is 0 Å². The number of nitrogens with zero attached hydrogens (tertiary/aromatic N) is 3. The van der Waals surface area contributed by atoms with Crippen LogP contribution in [-0.4, -0.2) is 64.1 Å². The molecule has 31 heavy (non-hydrogen) atoms. The highest BCUT2D eigenvalue weighted by molar-refractivity contribution is 5.96. The second-order valence-electron chi connectivity index (χ2n) is 8.84. The normalized spacial score (nSPS) is 22.4. The summed E-state index contributed by atoms with van der Waals surface area (Å²) in [6, 6.07) is 7.78. The smallest absolute Gasteiger partial charge is 0.257 e. The summed E-state index contributed by atoms with van der Waals surface area (Å²) in [5.41, 5.74) is 2.25. The number of aromatic nitrogens is 2. The van der Waals surface area contributed by atoms with E-state index in [2.05, 4.69) is 24.0 Å². The third-order valence-corrected chi connectivity index (χ3v) is 6.83. The molecule has 2 aliphatic rings. The number of piperidine rings is 2. The molecule has 2 fully saturated rings. The Balaban J connectivity index is 1.43. The lowest BCUT2D eigenvalue weighted by atomic mass is 9.90. The number of hydrogen-bond acceptors (Lipinski definition) is 4. The van der Waals surface area contributed by atoms with Crippen molar-refractivity contribution in [3.05, 3.63) is 47.3 Å². The minimum absolute atomic E-state index is 0.0224. The molecule has 0 saturated carbocycles. The topological polar surface area (TPSA) is 78.5 Å². The Labute approximate surface area is 183 Å². The van der Waals surface area contributed by atoms with E-state index < -0.39 is 0 Å². The van der Waals surface area contributed by atoms with Gasteiger partial charge in [-0.1, -0.05) is 6.07 Å². The maximum absolute atomic E-state index is 13.4. The fraction of sp³-hybridized carbons (Fsp3) is 0.542. The number of likely N-dealkylation sites (tertiary alicyclic amines) is 2. The van der Waals surface area contributed by atoms with Gasteiger partial charge in [0, 0.05) is 36.7 Å². The standard InChI is InChI=1S/C24H32N4O3/c1-16-6-4-7-17(2)28(16)24(30)21-15-25-26-22(21)18-10-12-27(13-11-18)23(29)19-8-5-9-20(14-19)31-3/h5,8-9,14-18H,4,6-7,10-13H2,1-3H3,(H,25,26)/t16-,17+. The average Bonchev–Trinajstić information content (AvgIpc) is 3.28. The lowest BCUT2D eigenvalue weighted by Gasteiger charge is -2.39. The van der Waals surface area contributed by atoms with Crippen LogP contribution in [0, 0.1) is 0 Å². The van der Waals surface area contributed by atoms with Crippen LogP contribution in [0.5, 0.6) is 5.75 Å². The van der Waals surface area contributed by atoms with Gasteiger partial charge in [-0.05, 0) is 64.2 Å². The third-order valence-electron chi connectivity index (χ3n) is 6.83. The van der Waals surface area contributed by atoms with Crippen molar-refractivity contribution in [3.8, 4) is 5.75 Å². The van der Waals surface area contributed by atoms with Gasteiger partial charge in [-0.3, -0.25) is 14.7 Å². The van der Waals surface area contributed by atoms with Crippen LogP contribution >= 0.6 is 0 Å². The lowest BCUT2D eigenvalue weighted by molar-refractivity contribution is 0.0507. The van der Waals surface area contributed by atoms with Crippen molar-refractivity contribution < 1.29 is 14.3 Å². The highest BCUT2D eigenvalue weighted by Gasteiger charge is 2.34. The molecule has 2 aliphatic heterocycles. The zero-order valence-electron chi connectivity index (χ0n) is 18.6. The number of carbonyl (C=O) groups is 2. The molecular formula is C24H32N4O3. The molecule has 4 rings (SSSR count). The molecule has 1 aromatic carbocycles. The predicted octanol–water partition coefficient (Wildman–Crippen LogP) is 3.84. The first kappa shape index (κ1) is 21.4. The molecule has 0 bridgehead atoms. The number of hydrogen-bond donors (Lipinski definition) is 1. The molecule has 3 heterocycles. The molecule has 0 aliphatic carbocycles. The number of rotatable bonds is 4. The molecule has 0 spiro atoms. The molecule has 166 valence electrons. The van der Waals surface area contributed by atoms with Crippen LogP contribution in [-0.2, 0) is 0 Å². The van der Waals surface area contributed by atoms with Crippen molar-refractivity contribution in [2.45, 2.75) is 64.0 Å². The summed E-state index contributed by atoms with van der Waals surface area (Å²) >= 11 is 0. The molecule has 1 aromatic heterocycles. The zero-order valence-corrected chi connectivity index (χ0v) is 18.6. The van der Waals surface area contributed by atoms with E-state index in [-0.39, 0.29) is 29.8 Å². The Morgan fingerprint density at radius 1 is 1.06 bits per heavy atom. The molecule has 2 amide bonds. The average molecular weight is 425 g/mol. The number of H-pyrrole nitrogens is 1. The number of ether oxygens (including phenoxy) is 1. The zero-order chi connectivity index (χ0) is 22.0. The second kappa shape index (κ2) is 9.12. The van der Waals surface area contributed by atoms with E-state index in [0.717, 1.165) is 31.4 Å². The van der Waals surface area contributed by atoms with Gasteiger partial charge >= 0.3 is 0 Å². The van der Waals surface area contributed by atoms with Crippen LogP contribution < -0.4 is 4.74 Å². The SMILES string of the molecule is COc1cccc(C(=O)N2CCC(c3[nH]ncc3C(=O)N3[C@H](C)CCC[C@@H]3C)CC2)c1. The summed E-state index contributed by atoms with van der Waals surface area (Å²) in [5.74, 6) is 0.987. The van der Waals surface area contributed by atoms with Gasteiger partial charge in [0.2, 0.25) is 0 Å². The molecule has 1 N–H and O–H groups in total. The lowest BCUT2D eigenvalue weighted by Crippen LogP contribution is -2.47. The van der Waals surface area contributed by atoms with Crippen LogP contribution in [0.1, 0.15) is 78.3 Å². The Kier molecular flexibility index (Phi) is 6.30. The predicted molar refractivity (Wildman–Crippen MR) is 118 cm³/mol. The highest BCUT2D eigenvalue weighted by Crippen LogP contribution is 2.32. The highest BCUT2D eigenvalue weighted by atomic mass is 16.5. The number of benzene rings is 1. The fourth-order valence-corrected chi connectivity index (χ4v) is 5.05. The van der Waals surface area contributed by atoms with E-state index in [9.17, 15) is 9.59 Å². The second-order valence-corrected chi connectivity index (χ2v) is 8.84. The van der Waals surface area contributed by atoms with Gasteiger partial charge in [0.15, 0.2) is 0 Å². The maximum Gasteiger partial charge on any atom is 0.257 e. The molecule has 0 unspecified atom stereocenters. The molecular weight excluding hydrogens is 392 g/mol. The van der Waals surface area contributed by atoms with Crippen LogP contribution in [0.3, 0.4) is 0 Å². The largest absolute Gasteiger partial charge is 0.497 e. The number of aromatic amines is 1. The first-order chi connectivity index (χ1) is 15.0. The summed E-state index contributed by atoms with van der Waals surface area (Å²) in [7, 11) is 1.60.